The highest BCUT2D eigenvalue weighted by atomic mass is 35.5. The summed E-state index contributed by atoms with van der Waals surface area (Å²) in [6, 6.07) is 17.2. The van der Waals surface area contributed by atoms with E-state index in [1.54, 1.807) is 75.6 Å². The number of ether oxygens (including phenoxy) is 1. The fourth-order valence-corrected chi connectivity index (χ4v) is 2.80. The minimum atomic E-state index is -0.303. The highest BCUT2D eigenvalue weighted by Gasteiger charge is 2.15. The van der Waals surface area contributed by atoms with Gasteiger partial charge in [-0.05, 0) is 61.5 Å². The predicted molar refractivity (Wildman–Crippen MR) is 113 cm³/mol. The van der Waals surface area contributed by atoms with Crippen LogP contribution in [0.2, 0.25) is 5.02 Å². The molecule has 0 aliphatic carbocycles. The van der Waals surface area contributed by atoms with Crippen molar-refractivity contribution < 1.29 is 14.3 Å². The van der Waals surface area contributed by atoms with Crippen molar-refractivity contribution >= 4 is 29.1 Å². The fourth-order valence-electron chi connectivity index (χ4n) is 2.62. The number of nitrogens with one attached hydrogen (secondary N) is 1. The van der Waals surface area contributed by atoms with Crippen molar-refractivity contribution in [2.45, 2.75) is 6.92 Å². The molecule has 3 aromatic rings. The van der Waals surface area contributed by atoms with Crippen molar-refractivity contribution in [1.29, 1.82) is 0 Å². The fraction of sp³-hybridized carbons (Fsp3) is 0.136. The van der Waals surface area contributed by atoms with Crippen molar-refractivity contribution in [3.05, 3.63) is 82.6 Å². The number of halogens is 1. The molecule has 3 rings (SSSR count). The van der Waals surface area contributed by atoms with E-state index < -0.39 is 0 Å². The Morgan fingerprint density at radius 3 is 2.34 bits per heavy atom. The lowest BCUT2D eigenvalue weighted by atomic mass is 10.1. The Kier molecular flexibility index (Phi) is 6.14. The zero-order chi connectivity index (χ0) is 21.0. The van der Waals surface area contributed by atoms with E-state index in [1.165, 1.54) is 4.90 Å². The maximum Gasteiger partial charge on any atom is 0.271 e. The van der Waals surface area contributed by atoms with Gasteiger partial charge < -0.3 is 15.0 Å². The summed E-state index contributed by atoms with van der Waals surface area (Å²) in [5.41, 5.74) is 1.79. The summed E-state index contributed by atoms with van der Waals surface area (Å²) in [6.07, 6.45) is 0. The molecule has 0 bridgehead atoms. The second-order valence-corrected chi connectivity index (χ2v) is 7.00. The molecule has 0 saturated carbocycles. The van der Waals surface area contributed by atoms with Crippen LogP contribution < -0.4 is 10.1 Å². The molecule has 6 nitrogen and oxygen atoms in total. The van der Waals surface area contributed by atoms with E-state index >= 15 is 0 Å². The van der Waals surface area contributed by atoms with Gasteiger partial charge in [-0.15, -0.1) is 0 Å². The van der Waals surface area contributed by atoms with Gasteiger partial charge >= 0.3 is 0 Å². The Morgan fingerprint density at radius 1 is 1.00 bits per heavy atom. The SMILES string of the molecule is Cc1nc(C(=O)N(C)C)ccc1C(=O)Nc1ccc(Oc2cccc(Cl)c2)cc1. The highest BCUT2D eigenvalue weighted by molar-refractivity contribution is 6.30. The van der Waals surface area contributed by atoms with Crippen LogP contribution >= 0.6 is 11.6 Å². The monoisotopic (exact) mass is 409 g/mol. The molecule has 0 spiro atoms. The van der Waals surface area contributed by atoms with Crippen LogP contribution in [0.3, 0.4) is 0 Å². The van der Waals surface area contributed by atoms with Gasteiger partial charge in [0.25, 0.3) is 11.8 Å². The predicted octanol–water partition coefficient (Wildman–Crippen LogP) is 4.79. The van der Waals surface area contributed by atoms with Gasteiger partial charge in [0, 0.05) is 24.8 Å². The Labute approximate surface area is 174 Å². The van der Waals surface area contributed by atoms with Crippen LogP contribution in [0.25, 0.3) is 0 Å². The lowest BCUT2D eigenvalue weighted by Gasteiger charge is -2.12. The van der Waals surface area contributed by atoms with Crippen molar-refractivity contribution in [2.24, 2.45) is 0 Å². The molecule has 0 fully saturated rings. The lowest BCUT2D eigenvalue weighted by Crippen LogP contribution is -2.23. The smallest absolute Gasteiger partial charge is 0.271 e. The second kappa shape index (κ2) is 8.75. The molecule has 7 heteroatoms. The maximum absolute atomic E-state index is 12.6. The Hall–Kier alpha value is -3.38. The molecular formula is C22H20ClN3O3. The van der Waals surface area contributed by atoms with Crippen LogP contribution in [0, 0.1) is 6.92 Å². The van der Waals surface area contributed by atoms with Crippen LogP contribution in [0.5, 0.6) is 11.5 Å². The quantitative estimate of drug-likeness (QED) is 0.657. The van der Waals surface area contributed by atoms with Crippen molar-refractivity contribution in [3.63, 3.8) is 0 Å². The van der Waals surface area contributed by atoms with Gasteiger partial charge in [0.1, 0.15) is 17.2 Å². The largest absolute Gasteiger partial charge is 0.457 e. The summed E-state index contributed by atoms with van der Waals surface area (Å²) < 4.78 is 5.73. The highest BCUT2D eigenvalue weighted by Crippen LogP contribution is 2.25. The number of rotatable bonds is 5. The average molecular weight is 410 g/mol. The van der Waals surface area contributed by atoms with Crippen LogP contribution in [0.15, 0.2) is 60.7 Å². The van der Waals surface area contributed by atoms with E-state index in [-0.39, 0.29) is 11.8 Å². The van der Waals surface area contributed by atoms with Crippen LogP contribution in [-0.2, 0) is 0 Å². The average Bonchev–Trinajstić information content (AvgIpc) is 2.68. The van der Waals surface area contributed by atoms with Crippen molar-refractivity contribution in [3.8, 4) is 11.5 Å². The number of anilines is 1. The Morgan fingerprint density at radius 2 is 1.72 bits per heavy atom. The van der Waals surface area contributed by atoms with E-state index in [0.29, 0.717) is 39.2 Å². The summed E-state index contributed by atoms with van der Waals surface area (Å²) >= 11 is 5.95. The van der Waals surface area contributed by atoms with Gasteiger partial charge in [0.2, 0.25) is 0 Å². The third-order valence-corrected chi connectivity index (χ3v) is 4.33. The minimum Gasteiger partial charge on any atom is -0.457 e. The first-order valence-corrected chi connectivity index (χ1v) is 9.25. The number of hydrogen-bond acceptors (Lipinski definition) is 4. The summed E-state index contributed by atoms with van der Waals surface area (Å²) in [6.45, 7) is 1.70. The topological polar surface area (TPSA) is 71.5 Å². The molecule has 0 aliphatic heterocycles. The molecule has 2 aromatic carbocycles. The zero-order valence-corrected chi connectivity index (χ0v) is 17.0. The summed E-state index contributed by atoms with van der Waals surface area (Å²) in [7, 11) is 3.31. The molecule has 0 atom stereocenters. The van der Waals surface area contributed by atoms with E-state index in [2.05, 4.69) is 10.3 Å². The molecule has 0 unspecified atom stereocenters. The third kappa shape index (κ3) is 5.12. The number of hydrogen-bond donors (Lipinski definition) is 1. The number of carbonyl (C=O) groups excluding carboxylic acids is 2. The number of benzene rings is 2. The lowest BCUT2D eigenvalue weighted by molar-refractivity contribution is 0.0821. The molecule has 0 aliphatic rings. The third-order valence-electron chi connectivity index (χ3n) is 4.10. The molecule has 1 aromatic heterocycles. The van der Waals surface area contributed by atoms with E-state index in [4.69, 9.17) is 16.3 Å². The first-order chi connectivity index (χ1) is 13.8. The van der Waals surface area contributed by atoms with E-state index in [0.717, 1.165) is 0 Å². The van der Waals surface area contributed by atoms with Gasteiger partial charge in [0.05, 0.1) is 11.3 Å². The summed E-state index contributed by atoms with van der Waals surface area (Å²) in [5.74, 6) is 0.732. The van der Waals surface area contributed by atoms with E-state index in [1.807, 2.05) is 6.07 Å². The van der Waals surface area contributed by atoms with Crippen molar-refractivity contribution in [1.82, 2.24) is 9.88 Å². The number of pyridine rings is 1. The number of aromatic nitrogens is 1. The maximum atomic E-state index is 12.6. The number of aryl methyl sites for hydroxylation is 1. The number of amides is 2. The van der Waals surface area contributed by atoms with Crippen LogP contribution in [0.1, 0.15) is 26.5 Å². The molecule has 1 N–H and O–H groups in total. The zero-order valence-electron chi connectivity index (χ0n) is 16.3. The molecule has 2 amide bonds. The molecule has 29 heavy (non-hydrogen) atoms. The van der Waals surface area contributed by atoms with Crippen LogP contribution in [0.4, 0.5) is 5.69 Å². The minimum absolute atomic E-state index is 0.213. The Balaban J connectivity index is 1.68. The van der Waals surface area contributed by atoms with E-state index in [9.17, 15) is 9.59 Å². The van der Waals surface area contributed by atoms with Gasteiger partial charge in [-0.25, -0.2) is 4.98 Å². The molecule has 0 saturated heterocycles. The van der Waals surface area contributed by atoms with Gasteiger partial charge in [-0.2, -0.15) is 0 Å². The molecular weight excluding hydrogens is 390 g/mol. The second-order valence-electron chi connectivity index (χ2n) is 6.57. The standard InChI is InChI=1S/C22H20ClN3O3/c1-14-19(11-12-20(24-14)22(28)26(2)3)21(27)25-16-7-9-17(10-8-16)29-18-6-4-5-15(23)13-18/h4-13H,1-3H3,(H,25,27). The number of nitrogens with zero attached hydrogens (tertiary/aromatic N) is 2. The van der Waals surface area contributed by atoms with Gasteiger partial charge in [0.15, 0.2) is 0 Å². The van der Waals surface area contributed by atoms with Crippen LogP contribution in [-0.4, -0.2) is 35.8 Å². The number of carbonyl (C=O) groups is 2. The Bertz CT molecular complexity index is 1050. The summed E-state index contributed by atoms with van der Waals surface area (Å²) in [4.78, 5) is 30.2. The molecule has 148 valence electrons. The van der Waals surface area contributed by atoms with Gasteiger partial charge in [-0.3, -0.25) is 9.59 Å². The van der Waals surface area contributed by atoms with Gasteiger partial charge in [-0.1, -0.05) is 17.7 Å². The van der Waals surface area contributed by atoms with Crippen molar-refractivity contribution in [2.75, 3.05) is 19.4 Å². The first-order valence-electron chi connectivity index (χ1n) is 8.87. The molecule has 0 radical (unpaired) electrons. The normalized spacial score (nSPS) is 10.3. The first kappa shape index (κ1) is 20.4. The molecule has 1 heterocycles. The summed E-state index contributed by atoms with van der Waals surface area (Å²) in [5, 5.41) is 3.41.